The predicted molar refractivity (Wildman–Crippen MR) is 116 cm³/mol. The smallest absolute Gasteiger partial charge is 0.272 e. The summed E-state index contributed by atoms with van der Waals surface area (Å²) >= 11 is 0. The number of benzene rings is 3. The van der Waals surface area contributed by atoms with Crippen molar-refractivity contribution in [2.75, 3.05) is 22.1 Å². The van der Waals surface area contributed by atoms with E-state index in [0.717, 1.165) is 10.9 Å². The van der Waals surface area contributed by atoms with Crippen LogP contribution >= 0.6 is 0 Å². The third-order valence-corrected chi connectivity index (χ3v) is 4.50. The summed E-state index contributed by atoms with van der Waals surface area (Å²) in [5, 5.41) is 6.43. The normalized spacial score (nSPS) is 10.6. The molecule has 0 atom stereocenters. The molecule has 0 saturated carbocycles. The van der Waals surface area contributed by atoms with Gasteiger partial charge in [-0.15, -0.1) is 0 Å². The van der Waals surface area contributed by atoms with E-state index in [9.17, 15) is 9.59 Å². The number of carbonyl (C=O) groups excluding carboxylic acids is 2. The Balaban J connectivity index is 1.45. The molecule has 0 radical (unpaired) electrons. The number of rotatable bonds is 4. The maximum Gasteiger partial charge on any atom is 0.272 e. The highest BCUT2D eigenvalue weighted by Gasteiger charge is 2.12. The minimum absolute atomic E-state index is 0.283. The quantitative estimate of drug-likeness (QED) is 0.342. The van der Waals surface area contributed by atoms with Crippen molar-refractivity contribution in [1.82, 2.24) is 4.98 Å². The fourth-order valence-corrected chi connectivity index (χ4v) is 2.98. The molecule has 4 aromatic rings. The van der Waals surface area contributed by atoms with Crippen LogP contribution in [-0.4, -0.2) is 16.8 Å². The Labute approximate surface area is 166 Å². The van der Waals surface area contributed by atoms with E-state index in [1.807, 2.05) is 6.07 Å². The molecule has 0 aliphatic rings. The molecule has 7 heteroatoms. The highest BCUT2D eigenvalue weighted by atomic mass is 16.2. The highest BCUT2D eigenvalue weighted by Crippen LogP contribution is 2.20. The van der Waals surface area contributed by atoms with Crippen LogP contribution in [0.5, 0.6) is 0 Å². The molecule has 0 aliphatic heterocycles. The Hall–Kier alpha value is -4.26. The number of H-pyrrole nitrogens is 1. The molecule has 4 rings (SSSR count). The van der Waals surface area contributed by atoms with Crippen molar-refractivity contribution < 1.29 is 9.59 Å². The molecule has 0 unspecified atom stereocenters. The van der Waals surface area contributed by atoms with E-state index in [4.69, 9.17) is 11.5 Å². The van der Waals surface area contributed by atoms with Crippen LogP contribution in [0.25, 0.3) is 10.9 Å². The third-order valence-electron chi connectivity index (χ3n) is 4.50. The maximum atomic E-state index is 12.5. The Kier molecular flexibility index (Phi) is 4.62. The van der Waals surface area contributed by atoms with E-state index in [2.05, 4.69) is 15.6 Å². The molecule has 1 aromatic heterocycles. The molecule has 3 aromatic carbocycles. The van der Waals surface area contributed by atoms with Gasteiger partial charge in [0.05, 0.1) is 11.4 Å². The second-order valence-electron chi connectivity index (χ2n) is 6.60. The highest BCUT2D eigenvalue weighted by molar-refractivity contribution is 6.08. The predicted octanol–water partition coefficient (Wildman–Crippen LogP) is 3.84. The molecule has 0 aliphatic carbocycles. The number of hydrogen-bond donors (Lipinski definition) is 5. The monoisotopic (exact) mass is 385 g/mol. The first kappa shape index (κ1) is 18.1. The van der Waals surface area contributed by atoms with E-state index in [1.54, 1.807) is 66.7 Å². The van der Waals surface area contributed by atoms with E-state index in [-0.39, 0.29) is 11.8 Å². The summed E-state index contributed by atoms with van der Waals surface area (Å²) in [5.74, 6) is -0.567. The first-order chi connectivity index (χ1) is 14.0. The van der Waals surface area contributed by atoms with Crippen molar-refractivity contribution in [3.8, 4) is 0 Å². The zero-order valence-corrected chi connectivity index (χ0v) is 15.4. The van der Waals surface area contributed by atoms with Crippen LogP contribution in [0.1, 0.15) is 20.8 Å². The van der Waals surface area contributed by atoms with Crippen molar-refractivity contribution in [1.29, 1.82) is 0 Å². The van der Waals surface area contributed by atoms with Gasteiger partial charge in [-0.25, -0.2) is 0 Å². The van der Waals surface area contributed by atoms with E-state index in [1.165, 1.54) is 0 Å². The van der Waals surface area contributed by atoms with Gasteiger partial charge in [-0.2, -0.15) is 0 Å². The molecule has 2 amide bonds. The van der Waals surface area contributed by atoms with Crippen LogP contribution in [0.3, 0.4) is 0 Å². The molecule has 144 valence electrons. The van der Waals surface area contributed by atoms with Gasteiger partial charge in [0, 0.05) is 27.8 Å². The first-order valence-electron chi connectivity index (χ1n) is 8.95. The minimum Gasteiger partial charge on any atom is -0.399 e. The van der Waals surface area contributed by atoms with E-state index >= 15 is 0 Å². The fraction of sp³-hybridized carbons (Fsp3) is 0. The summed E-state index contributed by atoms with van der Waals surface area (Å²) in [5.41, 5.74) is 15.6. The molecule has 7 nitrogen and oxygen atoms in total. The molecule has 29 heavy (non-hydrogen) atoms. The zero-order valence-electron chi connectivity index (χ0n) is 15.4. The van der Waals surface area contributed by atoms with Crippen molar-refractivity contribution in [2.45, 2.75) is 0 Å². The van der Waals surface area contributed by atoms with E-state index in [0.29, 0.717) is 34.0 Å². The number of nitrogen functional groups attached to an aromatic ring is 2. The minimum atomic E-state index is -0.283. The molecule has 7 N–H and O–H groups in total. The van der Waals surface area contributed by atoms with Gasteiger partial charge in [-0.05, 0) is 60.7 Å². The standard InChI is InChI=1S/C22H19N5O2/c23-15-7-10-18-14(11-15)12-20(26-18)22(29)25-16-8-5-13(6-9-16)21(28)27-19-4-2-1-3-17(19)24/h1-12,26H,23-24H2,(H,25,29)(H,27,28). The molecular weight excluding hydrogens is 366 g/mol. The lowest BCUT2D eigenvalue weighted by Crippen LogP contribution is -2.14. The van der Waals surface area contributed by atoms with E-state index < -0.39 is 0 Å². The molecule has 0 spiro atoms. The summed E-state index contributed by atoms with van der Waals surface area (Å²) in [4.78, 5) is 27.9. The topological polar surface area (TPSA) is 126 Å². The number of anilines is 4. The van der Waals surface area contributed by atoms with Gasteiger partial charge in [0.1, 0.15) is 5.69 Å². The van der Waals surface area contributed by atoms with Gasteiger partial charge >= 0.3 is 0 Å². The van der Waals surface area contributed by atoms with Crippen molar-refractivity contribution in [3.63, 3.8) is 0 Å². The Morgan fingerprint density at radius 3 is 2.31 bits per heavy atom. The Morgan fingerprint density at radius 2 is 1.55 bits per heavy atom. The number of fused-ring (bicyclic) bond motifs is 1. The van der Waals surface area contributed by atoms with Gasteiger partial charge in [-0.3, -0.25) is 9.59 Å². The van der Waals surface area contributed by atoms with Crippen molar-refractivity contribution in [2.24, 2.45) is 0 Å². The number of nitrogens with two attached hydrogens (primary N) is 2. The summed E-state index contributed by atoms with van der Waals surface area (Å²) in [7, 11) is 0. The Morgan fingerprint density at radius 1 is 0.793 bits per heavy atom. The van der Waals surface area contributed by atoms with Crippen molar-refractivity contribution in [3.05, 3.63) is 84.1 Å². The van der Waals surface area contributed by atoms with Crippen molar-refractivity contribution >= 4 is 45.5 Å². The van der Waals surface area contributed by atoms with Gasteiger partial charge in [-0.1, -0.05) is 12.1 Å². The van der Waals surface area contributed by atoms with Crippen LogP contribution in [0.2, 0.25) is 0 Å². The largest absolute Gasteiger partial charge is 0.399 e. The summed E-state index contributed by atoms with van der Waals surface area (Å²) in [6.45, 7) is 0. The number of nitrogens with one attached hydrogen (secondary N) is 3. The Bertz CT molecular complexity index is 1210. The molecule has 0 saturated heterocycles. The first-order valence-corrected chi connectivity index (χ1v) is 8.95. The second kappa shape index (κ2) is 7.40. The number of hydrogen-bond acceptors (Lipinski definition) is 4. The zero-order chi connectivity index (χ0) is 20.4. The molecule has 0 fully saturated rings. The maximum absolute atomic E-state index is 12.5. The number of para-hydroxylation sites is 2. The molecule has 1 heterocycles. The van der Waals surface area contributed by atoms with Crippen LogP contribution in [0.15, 0.2) is 72.8 Å². The molecular formula is C22H19N5O2. The van der Waals surface area contributed by atoms with Gasteiger partial charge in [0.2, 0.25) is 0 Å². The fourth-order valence-electron chi connectivity index (χ4n) is 2.98. The van der Waals surface area contributed by atoms with Crippen LogP contribution in [-0.2, 0) is 0 Å². The third kappa shape index (κ3) is 3.89. The summed E-state index contributed by atoms with van der Waals surface area (Å²) in [6.07, 6.45) is 0. The number of aromatic amines is 1. The lowest BCUT2D eigenvalue weighted by molar-refractivity contribution is 0.101. The average molecular weight is 385 g/mol. The lowest BCUT2D eigenvalue weighted by atomic mass is 10.1. The van der Waals surface area contributed by atoms with Gasteiger partial charge < -0.3 is 27.1 Å². The number of aromatic nitrogens is 1. The second-order valence-corrected chi connectivity index (χ2v) is 6.60. The van der Waals surface area contributed by atoms with Crippen LogP contribution in [0.4, 0.5) is 22.7 Å². The number of amides is 2. The van der Waals surface area contributed by atoms with Crippen LogP contribution < -0.4 is 22.1 Å². The van der Waals surface area contributed by atoms with Gasteiger partial charge in [0.15, 0.2) is 0 Å². The van der Waals surface area contributed by atoms with Crippen LogP contribution in [0, 0.1) is 0 Å². The summed E-state index contributed by atoms with van der Waals surface area (Å²) in [6, 6.07) is 20.8. The average Bonchev–Trinajstić information content (AvgIpc) is 3.13. The SMILES string of the molecule is Nc1ccc2[nH]c(C(=O)Nc3ccc(C(=O)Nc4ccccc4N)cc3)cc2c1. The summed E-state index contributed by atoms with van der Waals surface area (Å²) < 4.78 is 0. The van der Waals surface area contributed by atoms with Gasteiger partial charge in [0.25, 0.3) is 11.8 Å². The molecule has 0 bridgehead atoms. The number of carbonyl (C=O) groups is 2. The lowest BCUT2D eigenvalue weighted by Gasteiger charge is -2.09.